The van der Waals surface area contributed by atoms with Crippen LogP contribution in [0.15, 0.2) is 28.9 Å². The van der Waals surface area contributed by atoms with E-state index in [1.54, 1.807) is 23.9 Å². The Balaban J connectivity index is 2.34. The van der Waals surface area contributed by atoms with Crippen LogP contribution in [-0.2, 0) is 4.79 Å². The van der Waals surface area contributed by atoms with Crippen molar-refractivity contribution in [1.29, 1.82) is 5.26 Å². The van der Waals surface area contributed by atoms with Crippen LogP contribution in [0.1, 0.15) is 48.4 Å². The first kappa shape index (κ1) is 19.3. The molecular weight excluding hydrogens is 332 g/mol. The lowest BCUT2D eigenvalue weighted by Crippen LogP contribution is -2.41. The fourth-order valence-corrected chi connectivity index (χ4v) is 2.72. The van der Waals surface area contributed by atoms with E-state index in [0.717, 1.165) is 6.42 Å². The molecule has 0 bridgehead atoms. The molecule has 2 heterocycles. The average molecular weight is 356 g/mol. The van der Waals surface area contributed by atoms with Crippen LogP contribution in [0.2, 0.25) is 0 Å². The van der Waals surface area contributed by atoms with Gasteiger partial charge in [-0.2, -0.15) is 5.26 Å². The van der Waals surface area contributed by atoms with Crippen molar-refractivity contribution in [2.75, 3.05) is 19.6 Å². The summed E-state index contributed by atoms with van der Waals surface area (Å²) in [6.45, 7) is 6.50. The van der Waals surface area contributed by atoms with Gasteiger partial charge in [0.05, 0.1) is 6.54 Å². The second-order valence-electron chi connectivity index (χ2n) is 5.99. The summed E-state index contributed by atoms with van der Waals surface area (Å²) in [4.78, 5) is 26.6. The maximum atomic E-state index is 13.1. The predicted molar refractivity (Wildman–Crippen MR) is 97.0 cm³/mol. The Kier molecular flexibility index (Phi) is 6.61. The van der Waals surface area contributed by atoms with Gasteiger partial charge in [-0.15, -0.1) is 0 Å². The number of furan rings is 1. The molecular formula is C19H24N4O3. The maximum absolute atomic E-state index is 13.1. The Morgan fingerprint density at radius 3 is 2.54 bits per heavy atom. The first-order valence-electron chi connectivity index (χ1n) is 8.76. The molecule has 0 radical (unpaired) electrons. The van der Waals surface area contributed by atoms with Crippen LogP contribution in [0.25, 0.3) is 5.88 Å². The van der Waals surface area contributed by atoms with Gasteiger partial charge < -0.3 is 14.6 Å². The van der Waals surface area contributed by atoms with Crippen LogP contribution in [0, 0.1) is 18.3 Å². The molecule has 26 heavy (non-hydrogen) atoms. The number of carbonyl (C=O) groups is 2. The third-order valence-electron chi connectivity index (χ3n) is 3.92. The Morgan fingerprint density at radius 1 is 1.27 bits per heavy atom. The molecule has 2 rings (SSSR count). The molecule has 2 aromatic heterocycles. The summed E-state index contributed by atoms with van der Waals surface area (Å²) < 4.78 is 7.35. The number of aryl methyl sites for hydroxylation is 1. The average Bonchev–Trinajstić information content (AvgIpc) is 3.26. The molecule has 0 unspecified atom stereocenters. The zero-order valence-electron chi connectivity index (χ0n) is 15.4. The molecule has 7 heteroatoms. The molecule has 0 aliphatic rings. The Morgan fingerprint density at radius 2 is 1.96 bits per heavy atom. The molecule has 0 saturated heterocycles. The monoisotopic (exact) mass is 356 g/mol. The number of nitrogens with zero attached hydrogens (tertiary/aromatic N) is 3. The minimum atomic E-state index is -0.366. The fraction of sp³-hybridized carbons (Fsp3) is 0.421. The number of hydrogen-bond donors (Lipinski definition) is 1. The molecule has 138 valence electrons. The summed E-state index contributed by atoms with van der Waals surface area (Å²) in [5.41, 5.74) is 0.395. The quantitative estimate of drug-likeness (QED) is 0.787. The number of hydrogen-bond acceptors (Lipinski definition) is 4. The molecule has 1 N–H and O–H groups in total. The van der Waals surface area contributed by atoms with E-state index in [1.165, 1.54) is 4.90 Å². The van der Waals surface area contributed by atoms with E-state index in [1.807, 2.05) is 26.0 Å². The Hall–Kier alpha value is -3.01. The van der Waals surface area contributed by atoms with Gasteiger partial charge in [0.25, 0.3) is 5.91 Å². The largest absolute Gasteiger partial charge is 0.443 e. The van der Waals surface area contributed by atoms with Crippen LogP contribution < -0.4 is 5.32 Å². The minimum absolute atomic E-state index is 0.0407. The van der Waals surface area contributed by atoms with Gasteiger partial charge in [0.15, 0.2) is 0 Å². The van der Waals surface area contributed by atoms with Gasteiger partial charge in [-0.05, 0) is 31.9 Å². The SMILES string of the molecule is CCCNC(=O)CN(CCC)C(=O)c1c(C)oc(-n2cccc2)c1C#N. The van der Waals surface area contributed by atoms with E-state index < -0.39 is 0 Å². The van der Waals surface area contributed by atoms with Gasteiger partial charge >= 0.3 is 0 Å². The smallest absolute Gasteiger partial charge is 0.259 e. The number of amides is 2. The lowest BCUT2D eigenvalue weighted by atomic mass is 10.1. The van der Waals surface area contributed by atoms with E-state index in [0.29, 0.717) is 31.2 Å². The van der Waals surface area contributed by atoms with Gasteiger partial charge in [0.2, 0.25) is 11.8 Å². The summed E-state index contributed by atoms with van der Waals surface area (Å²) in [5.74, 6) is 0.101. The molecule has 2 amide bonds. The highest BCUT2D eigenvalue weighted by Crippen LogP contribution is 2.26. The first-order valence-corrected chi connectivity index (χ1v) is 8.76. The van der Waals surface area contributed by atoms with E-state index in [9.17, 15) is 14.9 Å². The van der Waals surface area contributed by atoms with Crippen LogP contribution in [0.5, 0.6) is 0 Å². The van der Waals surface area contributed by atoms with Gasteiger partial charge in [0.1, 0.15) is 23.0 Å². The number of aromatic nitrogens is 1. The molecule has 0 saturated carbocycles. The molecule has 2 aromatic rings. The minimum Gasteiger partial charge on any atom is -0.443 e. The molecule has 0 fully saturated rings. The molecule has 0 aromatic carbocycles. The zero-order valence-corrected chi connectivity index (χ0v) is 15.4. The van der Waals surface area contributed by atoms with E-state index >= 15 is 0 Å². The maximum Gasteiger partial charge on any atom is 0.259 e. The molecule has 0 aliphatic carbocycles. The Labute approximate surface area is 153 Å². The highest BCUT2D eigenvalue weighted by Gasteiger charge is 2.28. The fourth-order valence-electron chi connectivity index (χ4n) is 2.72. The third-order valence-corrected chi connectivity index (χ3v) is 3.92. The van der Waals surface area contributed by atoms with Gasteiger partial charge in [-0.3, -0.25) is 14.2 Å². The van der Waals surface area contributed by atoms with Crippen molar-refractivity contribution in [3.63, 3.8) is 0 Å². The van der Waals surface area contributed by atoms with Gasteiger partial charge in [0, 0.05) is 25.5 Å². The van der Waals surface area contributed by atoms with Crippen molar-refractivity contribution in [1.82, 2.24) is 14.8 Å². The molecule has 7 nitrogen and oxygen atoms in total. The standard InChI is InChI=1S/C19H24N4O3/c1-4-8-21-16(24)13-23(9-5-2)18(25)17-14(3)26-19(15(17)12-20)22-10-6-7-11-22/h6-7,10-11H,4-5,8-9,13H2,1-3H3,(H,21,24). The van der Waals surface area contributed by atoms with Crippen molar-refractivity contribution in [3.8, 4) is 12.0 Å². The normalized spacial score (nSPS) is 10.4. The number of nitriles is 1. The highest BCUT2D eigenvalue weighted by molar-refractivity contribution is 6.00. The van der Waals surface area contributed by atoms with Crippen molar-refractivity contribution in [2.24, 2.45) is 0 Å². The molecule has 0 spiro atoms. The second-order valence-corrected chi connectivity index (χ2v) is 5.99. The van der Waals surface area contributed by atoms with E-state index in [4.69, 9.17) is 4.42 Å². The van der Waals surface area contributed by atoms with Crippen molar-refractivity contribution in [2.45, 2.75) is 33.6 Å². The van der Waals surface area contributed by atoms with Crippen LogP contribution in [-0.4, -0.2) is 40.9 Å². The summed E-state index contributed by atoms with van der Waals surface area (Å²) in [5, 5.41) is 12.4. The Bertz CT molecular complexity index is 800. The topological polar surface area (TPSA) is 91.3 Å². The van der Waals surface area contributed by atoms with Crippen molar-refractivity contribution in [3.05, 3.63) is 41.4 Å². The number of rotatable bonds is 8. The number of carbonyl (C=O) groups excluding carboxylic acids is 2. The summed E-state index contributed by atoms with van der Waals surface area (Å²) in [6.07, 6.45) is 5.02. The lowest BCUT2D eigenvalue weighted by Gasteiger charge is -2.21. The first-order chi connectivity index (χ1) is 12.5. The van der Waals surface area contributed by atoms with Crippen molar-refractivity contribution >= 4 is 11.8 Å². The van der Waals surface area contributed by atoms with Gasteiger partial charge in [-0.1, -0.05) is 13.8 Å². The summed E-state index contributed by atoms with van der Waals surface area (Å²) >= 11 is 0. The third kappa shape index (κ3) is 4.14. The van der Waals surface area contributed by atoms with Crippen LogP contribution >= 0.6 is 0 Å². The second kappa shape index (κ2) is 8.90. The summed E-state index contributed by atoms with van der Waals surface area (Å²) in [7, 11) is 0. The van der Waals surface area contributed by atoms with Crippen molar-refractivity contribution < 1.29 is 14.0 Å². The predicted octanol–water partition coefficient (Wildman–Crippen LogP) is 2.63. The molecule has 0 atom stereocenters. The van der Waals surface area contributed by atoms with Crippen LogP contribution in [0.4, 0.5) is 0 Å². The van der Waals surface area contributed by atoms with E-state index in [2.05, 4.69) is 11.4 Å². The van der Waals surface area contributed by atoms with Crippen LogP contribution in [0.3, 0.4) is 0 Å². The summed E-state index contributed by atoms with van der Waals surface area (Å²) in [6, 6.07) is 5.69. The van der Waals surface area contributed by atoms with E-state index in [-0.39, 0.29) is 29.5 Å². The lowest BCUT2D eigenvalue weighted by molar-refractivity contribution is -0.121. The molecule has 0 aliphatic heterocycles. The van der Waals surface area contributed by atoms with Gasteiger partial charge in [-0.25, -0.2) is 0 Å². The number of nitrogens with one attached hydrogen (secondary N) is 1. The zero-order chi connectivity index (χ0) is 19.1. The highest BCUT2D eigenvalue weighted by atomic mass is 16.4.